The number of para-hydroxylation sites is 1. The van der Waals surface area contributed by atoms with Crippen LogP contribution < -0.4 is 4.74 Å². The first-order chi connectivity index (χ1) is 11.9. The van der Waals surface area contributed by atoms with Gasteiger partial charge in [0, 0.05) is 18.3 Å². The molecule has 10 heteroatoms. The smallest absolute Gasteiger partial charge is 0.289 e. The van der Waals surface area contributed by atoms with Crippen LogP contribution in [0.25, 0.3) is 0 Å². The lowest BCUT2D eigenvalue weighted by atomic mass is 10.2. The van der Waals surface area contributed by atoms with Crippen molar-refractivity contribution in [1.29, 1.82) is 5.26 Å². The number of benzene rings is 1. The highest BCUT2D eigenvalue weighted by Gasteiger charge is 2.41. The molecule has 0 N–H and O–H groups in total. The maximum absolute atomic E-state index is 12.5. The van der Waals surface area contributed by atoms with Crippen LogP contribution in [0.15, 0.2) is 47.5 Å². The minimum Gasteiger partial charge on any atom is -0.472 e. The Morgan fingerprint density at radius 3 is 2.60 bits per heavy atom. The minimum atomic E-state index is -3.97. The van der Waals surface area contributed by atoms with Crippen LogP contribution in [0.1, 0.15) is 5.56 Å². The quantitative estimate of drug-likeness (QED) is 0.581. The number of rotatable bonds is 5. The van der Waals surface area contributed by atoms with Crippen molar-refractivity contribution in [3.8, 4) is 11.9 Å². The number of nitrogens with zero attached hydrogens (tertiary/aromatic N) is 4. The van der Waals surface area contributed by atoms with Crippen LogP contribution in [-0.4, -0.2) is 41.8 Å². The van der Waals surface area contributed by atoms with E-state index >= 15 is 0 Å². The maximum Gasteiger partial charge on any atom is 0.289 e. The number of pyridine rings is 1. The van der Waals surface area contributed by atoms with Gasteiger partial charge in [0.2, 0.25) is 15.9 Å². The Bertz CT molecular complexity index is 947. The zero-order valence-corrected chi connectivity index (χ0v) is 13.6. The molecule has 2 aromatic rings. The summed E-state index contributed by atoms with van der Waals surface area (Å²) in [7, 11) is -3.97. The molecule has 1 saturated heterocycles. The number of nitriles is 1. The summed E-state index contributed by atoms with van der Waals surface area (Å²) in [6.07, 6.45) is 0.952. The van der Waals surface area contributed by atoms with Crippen molar-refractivity contribution in [2.24, 2.45) is 0 Å². The molecule has 25 heavy (non-hydrogen) atoms. The molecule has 9 nitrogen and oxygen atoms in total. The van der Waals surface area contributed by atoms with Crippen LogP contribution in [0.5, 0.6) is 5.88 Å². The first kappa shape index (κ1) is 16.8. The SMILES string of the molecule is N#Cc1ccc(OC2CN(S(=O)(=O)c3ccccc3[N+](=O)[O-])C2)nc1. The van der Waals surface area contributed by atoms with Crippen LogP contribution in [0, 0.1) is 21.4 Å². The van der Waals surface area contributed by atoms with Gasteiger partial charge in [-0.15, -0.1) is 0 Å². The number of aromatic nitrogens is 1. The van der Waals surface area contributed by atoms with Crippen LogP contribution in [0.3, 0.4) is 0 Å². The molecule has 3 rings (SSSR count). The number of nitro groups is 1. The van der Waals surface area contributed by atoms with Crippen LogP contribution in [0.4, 0.5) is 5.69 Å². The number of nitro benzene ring substituents is 1. The Morgan fingerprint density at radius 1 is 1.28 bits per heavy atom. The van der Waals surface area contributed by atoms with Crippen molar-refractivity contribution in [1.82, 2.24) is 9.29 Å². The van der Waals surface area contributed by atoms with Crippen molar-refractivity contribution < 1.29 is 18.1 Å². The highest BCUT2D eigenvalue weighted by atomic mass is 32.2. The van der Waals surface area contributed by atoms with Gasteiger partial charge in [-0.1, -0.05) is 12.1 Å². The highest BCUT2D eigenvalue weighted by molar-refractivity contribution is 7.89. The van der Waals surface area contributed by atoms with E-state index in [-0.39, 0.29) is 23.9 Å². The summed E-state index contributed by atoms with van der Waals surface area (Å²) in [5.41, 5.74) is -0.0674. The third-order valence-electron chi connectivity index (χ3n) is 3.65. The Morgan fingerprint density at radius 2 is 2.00 bits per heavy atom. The summed E-state index contributed by atoms with van der Waals surface area (Å²) < 4.78 is 31.7. The lowest BCUT2D eigenvalue weighted by molar-refractivity contribution is -0.387. The predicted molar refractivity (Wildman–Crippen MR) is 85.2 cm³/mol. The average molecular weight is 360 g/mol. The third-order valence-corrected chi connectivity index (χ3v) is 5.53. The first-order valence-electron chi connectivity index (χ1n) is 7.18. The van der Waals surface area contributed by atoms with Crippen molar-refractivity contribution in [3.63, 3.8) is 0 Å². The van der Waals surface area contributed by atoms with E-state index in [1.54, 1.807) is 6.07 Å². The van der Waals surface area contributed by atoms with E-state index in [0.717, 1.165) is 10.4 Å². The topological polar surface area (TPSA) is 126 Å². The zero-order valence-electron chi connectivity index (χ0n) is 12.8. The minimum absolute atomic E-state index is 0.0655. The lowest BCUT2D eigenvalue weighted by Gasteiger charge is -2.37. The molecule has 0 bridgehead atoms. The van der Waals surface area contributed by atoms with Crippen LogP contribution in [-0.2, 0) is 10.0 Å². The van der Waals surface area contributed by atoms with E-state index < -0.39 is 26.7 Å². The van der Waals surface area contributed by atoms with Gasteiger partial charge in [-0.05, 0) is 12.1 Å². The van der Waals surface area contributed by atoms with Gasteiger partial charge in [0.1, 0.15) is 12.2 Å². The van der Waals surface area contributed by atoms with Gasteiger partial charge >= 0.3 is 0 Å². The fourth-order valence-corrected chi connectivity index (χ4v) is 3.98. The second kappa shape index (κ2) is 6.46. The molecule has 0 saturated carbocycles. The molecule has 1 aliphatic heterocycles. The second-order valence-corrected chi connectivity index (χ2v) is 7.19. The van der Waals surface area contributed by atoms with Gasteiger partial charge in [0.05, 0.1) is 23.6 Å². The summed E-state index contributed by atoms with van der Waals surface area (Å²) in [5, 5.41) is 19.7. The highest BCUT2D eigenvalue weighted by Crippen LogP contribution is 2.29. The molecule has 1 fully saturated rings. The number of hydrogen-bond acceptors (Lipinski definition) is 7. The van der Waals surface area contributed by atoms with Gasteiger partial charge in [-0.25, -0.2) is 13.4 Å². The average Bonchev–Trinajstić information content (AvgIpc) is 2.58. The molecular formula is C15H12N4O5S. The Balaban J connectivity index is 1.69. The summed E-state index contributed by atoms with van der Waals surface area (Å²) in [6, 6.07) is 10.2. The fraction of sp³-hybridized carbons (Fsp3) is 0.200. The predicted octanol–water partition coefficient (Wildman–Crippen LogP) is 1.31. The Hall–Kier alpha value is -3.03. The molecule has 1 aromatic heterocycles. The van der Waals surface area contributed by atoms with Gasteiger partial charge in [0.15, 0.2) is 4.90 Å². The largest absolute Gasteiger partial charge is 0.472 e. The number of hydrogen-bond donors (Lipinski definition) is 0. The van der Waals surface area contributed by atoms with Crippen molar-refractivity contribution in [2.75, 3.05) is 13.1 Å². The molecule has 0 atom stereocenters. The Kier molecular flexibility index (Phi) is 4.35. The van der Waals surface area contributed by atoms with E-state index in [0.29, 0.717) is 5.56 Å². The van der Waals surface area contributed by atoms with Gasteiger partial charge in [0.25, 0.3) is 5.69 Å². The molecule has 1 aliphatic rings. The van der Waals surface area contributed by atoms with E-state index in [1.807, 2.05) is 6.07 Å². The van der Waals surface area contributed by atoms with Crippen molar-refractivity contribution in [2.45, 2.75) is 11.0 Å². The normalized spacial score (nSPS) is 15.2. The van der Waals surface area contributed by atoms with Gasteiger partial charge in [-0.3, -0.25) is 10.1 Å². The molecule has 0 unspecified atom stereocenters. The molecule has 1 aromatic carbocycles. The van der Waals surface area contributed by atoms with Gasteiger partial charge < -0.3 is 4.74 Å². The van der Waals surface area contributed by atoms with Crippen LogP contribution >= 0.6 is 0 Å². The molecular weight excluding hydrogens is 348 g/mol. The summed E-state index contributed by atoms with van der Waals surface area (Å²) in [4.78, 5) is 13.9. The molecule has 0 aliphatic carbocycles. The zero-order chi connectivity index (χ0) is 18.0. The van der Waals surface area contributed by atoms with Crippen LogP contribution in [0.2, 0.25) is 0 Å². The van der Waals surface area contributed by atoms with Gasteiger partial charge in [-0.2, -0.15) is 9.57 Å². The molecule has 0 spiro atoms. The van der Waals surface area contributed by atoms with E-state index in [1.165, 1.54) is 30.5 Å². The van der Waals surface area contributed by atoms with E-state index in [9.17, 15) is 18.5 Å². The summed E-state index contributed by atoms with van der Waals surface area (Å²) >= 11 is 0. The molecule has 2 heterocycles. The summed E-state index contributed by atoms with van der Waals surface area (Å²) in [6.45, 7) is 0.131. The molecule has 128 valence electrons. The van der Waals surface area contributed by atoms with E-state index in [2.05, 4.69) is 4.98 Å². The third kappa shape index (κ3) is 3.28. The maximum atomic E-state index is 12.5. The second-order valence-electron chi connectivity index (χ2n) is 5.28. The number of ether oxygens (including phenoxy) is 1. The number of sulfonamides is 1. The van der Waals surface area contributed by atoms with Crippen molar-refractivity contribution >= 4 is 15.7 Å². The standard InChI is InChI=1S/C15H12N4O5S/c16-7-11-5-6-15(17-8-11)24-12-9-18(10-12)25(22,23)14-4-2-1-3-13(14)19(20)21/h1-6,8,12H,9-10H2. The Labute approximate surface area is 143 Å². The molecule has 0 radical (unpaired) electrons. The van der Waals surface area contributed by atoms with Crippen molar-refractivity contribution in [3.05, 3.63) is 58.3 Å². The lowest BCUT2D eigenvalue weighted by Crippen LogP contribution is -2.56. The molecule has 0 amide bonds. The fourth-order valence-electron chi connectivity index (χ4n) is 2.32. The van der Waals surface area contributed by atoms with E-state index in [4.69, 9.17) is 10.00 Å². The monoisotopic (exact) mass is 360 g/mol. The summed E-state index contributed by atoms with van der Waals surface area (Å²) in [5.74, 6) is 0.284. The first-order valence-corrected chi connectivity index (χ1v) is 8.62.